The molecular weight excluding hydrogens is 108 g/mol. The van der Waals surface area contributed by atoms with Gasteiger partial charge in [0.25, 0.3) is 0 Å². The van der Waals surface area contributed by atoms with Gasteiger partial charge in [-0.15, -0.1) is 0 Å². The van der Waals surface area contributed by atoms with Crippen molar-refractivity contribution in [3.63, 3.8) is 0 Å². The molecule has 2 unspecified atom stereocenters. The monoisotopic (exact) mass is 122 g/mol. The predicted molar refractivity (Wildman–Crippen MR) is 39.2 cm³/mol. The molecule has 2 saturated carbocycles. The largest absolute Gasteiger partial charge is 0.0993 e. The second-order valence-corrected chi connectivity index (χ2v) is 3.43. The molecule has 9 heavy (non-hydrogen) atoms. The van der Waals surface area contributed by atoms with Crippen LogP contribution in [0.1, 0.15) is 32.1 Å². The topological polar surface area (TPSA) is 0 Å². The van der Waals surface area contributed by atoms with Gasteiger partial charge in [-0.25, -0.2) is 0 Å². The summed E-state index contributed by atoms with van der Waals surface area (Å²) in [7, 11) is 0. The van der Waals surface area contributed by atoms with Crippen molar-refractivity contribution in [2.24, 2.45) is 11.8 Å². The first-order valence-corrected chi connectivity index (χ1v) is 4.08. The minimum Gasteiger partial charge on any atom is -0.0993 e. The maximum atomic E-state index is 4.05. The van der Waals surface area contributed by atoms with E-state index in [0.29, 0.717) is 0 Å². The zero-order valence-corrected chi connectivity index (χ0v) is 5.90. The Morgan fingerprint density at radius 3 is 2.11 bits per heavy atom. The van der Waals surface area contributed by atoms with Crippen LogP contribution in [0.4, 0.5) is 0 Å². The summed E-state index contributed by atoms with van der Waals surface area (Å²) in [5.41, 5.74) is 1.56. The number of allylic oxidation sites excluding steroid dienone is 1. The predicted octanol–water partition coefficient (Wildman–Crippen LogP) is 2.75. The van der Waals surface area contributed by atoms with E-state index in [2.05, 4.69) is 6.58 Å². The van der Waals surface area contributed by atoms with Crippen molar-refractivity contribution in [1.82, 2.24) is 0 Å². The lowest BCUT2D eigenvalue weighted by Gasteiger charge is -1.92. The molecule has 0 aromatic carbocycles. The molecule has 2 rings (SSSR count). The smallest absolute Gasteiger partial charge is 0.0137 e. The summed E-state index contributed by atoms with van der Waals surface area (Å²) < 4.78 is 0. The van der Waals surface area contributed by atoms with Crippen LogP contribution in [0.25, 0.3) is 0 Å². The van der Waals surface area contributed by atoms with Gasteiger partial charge in [0, 0.05) is 0 Å². The van der Waals surface area contributed by atoms with Crippen molar-refractivity contribution in [2.45, 2.75) is 32.1 Å². The Morgan fingerprint density at radius 2 is 1.56 bits per heavy atom. The number of rotatable bonds is 0. The number of hydrogen-bond acceptors (Lipinski definition) is 0. The van der Waals surface area contributed by atoms with Gasteiger partial charge in [-0.3, -0.25) is 0 Å². The molecule has 50 valence electrons. The van der Waals surface area contributed by atoms with E-state index in [0.717, 1.165) is 11.8 Å². The van der Waals surface area contributed by atoms with Crippen molar-refractivity contribution in [3.05, 3.63) is 12.2 Å². The molecule has 0 nitrogen and oxygen atoms in total. The second-order valence-electron chi connectivity index (χ2n) is 3.43. The van der Waals surface area contributed by atoms with E-state index in [-0.39, 0.29) is 0 Å². The molecule has 0 aromatic heterocycles. The third kappa shape index (κ3) is 0.810. The van der Waals surface area contributed by atoms with E-state index in [1.807, 2.05) is 0 Å². The lowest BCUT2D eigenvalue weighted by molar-refractivity contribution is 0.663. The van der Waals surface area contributed by atoms with Crippen LogP contribution in [0.2, 0.25) is 0 Å². The molecule has 0 saturated heterocycles. The fraction of sp³-hybridized carbons (Fsp3) is 0.778. The van der Waals surface area contributed by atoms with Gasteiger partial charge in [0.05, 0.1) is 0 Å². The average molecular weight is 122 g/mol. The molecule has 2 atom stereocenters. The molecule has 0 heterocycles. The summed E-state index contributed by atoms with van der Waals surface area (Å²) >= 11 is 0. The third-order valence-electron chi connectivity index (χ3n) is 2.86. The van der Waals surface area contributed by atoms with Gasteiger partial charge < -0.3 is 0 Å². The molecule has 0 amide bonds. The molecule has 0 aliphatic heterocycles. The highest BCUT2D eigenvalue weighted by Crippen LogP contribution is 2.52. The van der Waals surface area contributed by atoms with Crippen LogP contribution in [0, 0.1) is 11.8 Å². The highest BCUT2D eigenvalue weighted by Gasteiger charge is 2.41. The maximum Gasteiger partial charge on any atom is -0.0137 e. The molecule has 2 aliphatic carbocycles. The summed E-state index contributed by atoms with van der Waals surface area (Å²) in [4.78, 5) is 0. The van der Waals surface area contributed by atoms with E-state index >= 15 is 0 Å². The Morgan fingerprint density at radius 1 is 1.00 bits per heavy atom. The van der Waals surface area contributed by atoms with Crippen LogP contribution in [0.15, 0.2) is 12.2 Å². The average Bonchev–Trinajstić information content (AvgIpc) is 2.51. The molecule has 0 N–H and O–H groups in total. The summed E-state index contributed by atoms with van der Waals surface area (Å²) in [6.45, 7) is 4.05. The first-order chi connectivity index (χ1) is 4.39. The van der Waals surface area contributed by atoms with Gasteiger partial charge >= 0.3 is 0 Å². The van der Waals surface area contributed by atoms with Crippen LogP contribution >= 0.6 is 0 Å². The summed E-state index contributed by atoms with van der Waals surface area (Å²) in [5, 5.41) is 0. The van der Waals surface area contributed by atoms with Gasteiger partial charge in [-0.05, 0) is 24.7 Å². The Balaban J connectivity index is 2.00. The van der Waals surface area contributed by atoms with Crippen LogP contribution in [0.3, 0.4) is 0 Å². The Bertz CT molecular complexity index is 121. The highest BCUT2D eigenvalue weighted by atomic mass is 14.5. The quantitative estimate of drug-likeness (QED) is 0.433. The third-order valence-corrected chi connectivity index (χ3v) is 2.86. The molecule has 0 radical (unpaired) electrons. The van der Waals surface area contributed by atoms with E-state index < -0.39 is 0 Å². The van der Waals surface area contributed by atoms with Crippen molar-refractivity contribution >= 4 is 0 Å². The Kier molecular flexibility index (Phi) is 1.14. The van der Waals surface area contributed by atoms with Crippen LogP contribution < -0.4 is 0 Å². The highest BCUT2D eigenvalue weighted by molar-refractivity contribution is 5.26. The summed E-state index contributed by atoms with van der Waals surface area (Å²) in [6, 6.07) is 0. The fourth-order valence-electron chi connectivity index (χ4n) is 2.12. The first kappa shape index (κ1) is 5.52. The normalized spacial score (nSPS) is 41.6. The molecule has 0 spiro atoms. The van der Waals surface area contributed by atoms with Gasteiger partial charge in [-0.2, -0.15) is 0 Å². The van der Waals surface area contributed by atoms with Crippen LogP contribution in [0.5, 0.6) is 0 Å². The lowest BCUT2D eigenvalue weighted by Crippen LogP contribution is -1.74. The SMILES string of the molecule is C=C1C2CCCCCC12. The van der Waals surface area contributed by atoms with Crippen molar-refractivity contribution < 1.29 is 0 Å². The van der Waals surface area contributed by atoms with Crippen LogP contribution in [-0.2, 0) is 0 Å². The van der Waals surface area contributed by atoms with Gasteiger partial charge in [0.15, 0.2) is 0 Å². The van der Waals surface area contributed by atoms with Crippen molar-refractivity contribution in [1.29, 1.82) is 0 Å². The number of hydrogen-bond donors (Lipinski definition) is 0. The first-order valence-electron chi connectivity index (χ1n) is 4.08. The molecule has 0 aromatic rings. The Labute approximate surface area is 57.0 Å². The standard InChI is InChI=1S/C9H14/c1-7-8-5-3-2-4-6-9(7)8/h8-9H,1-6H2. The molecular formula is C9H14. The minimum atomic E-state index is 0.965. The van der Waals surface area contributed by atoms with Gasteiger partial charge in [-0.1, -0.05) is 31.4 Å². The Hall–Kier alpha value is -0.260. The fourth-order valence-corrected chi connectivity index (χ4v) is 2.12. The van der Waals surface area contributed by atoms with Crippen molar-refractivity contribution in [2.75, 3.05) is 0 Å². The van der Waals surface area contributed by atoms with E-state index in [9.17, 15) is 0 Å². The minimum absolute atomic E-state index is 0.965. The van der Waals surface area contributed by atoms with E-state index in [1.54, 1.807) is 5.57 Å². The zero-order chi connectivity index (χ0) is 6.27. The summed E-state index contributed by atoms with van der Waals surface area (Å²) in [6.07, 6.45) is 7.29. The van der Waals surface area contributed by atoms with E-state index in [4.69, 9.17) is 0 Å². The lowest BCUT2D eigenvalue weighted by atomic mass is 10.1. The zero-order valence-electron chi connectivity index (χ0n) is 5.90. The molecule has 2 fully saturated rings. The summed E-state index contributed by atoms with van der Waals surface area (Å²) in [5.74, 6) is 1.93. The molecule has 2 aliphatic rings. The maximum absolute atomic E-state index is 4.05. The van der Waals surface area contributed by atoms with Gasteiger partial charge in [0.1, 0.15) is 0 Å². The molecule has 0 heteroatoms. The second kappa shape index (κ2) is 1.86. The number of fused-ring (bicyclic) bond motifs is 1. The van der Waals surface area contributed by atoms with Crippen molar-refractivity contribution in [3.8, 4) is 0 Å². The van der Waals surface area contributed by atoms with Gasteiger partial charge in [0.2, 0.25) is 0 Å². The molecule has 0 bridgehead atoms. The van der Waals surface area contributed by atoms with E-state index in [1.165, 1.54) is 32.1 Å². The van der Waals surface area contributed by atoms with Crippen LogP contribution in [-0.4, -0.2) is 0 Å².